The zero-order chi connectivity index (χ0) is 11.6. The second kappa shape index (κ2) is 4.90. The van der Waals surface area contributed by atoms with E-state index in [0.717, 1.165) is 0 Å². The maximum Gasteiger partial charge on any atom is 0.336 e. The van der Waals surface area contributed by atoms with Gasteiger partial charge in [-0.3, -0.25) is 4.79 Å². The van der Waals surface area contributed by atoms with Gasteiger partial charge in [0.15, 0.2) is 0 Å². The van der Waals surface area contributed by atoms with Gasteiger partial charge in [-0.25, -0.2) is 4.79 Å². The summed E-state index contributed by atoms with van der Waals surface area (Å²) in [4.78, 5) is 21.6. The molecule has 0 aromatic heterocycles. The van der Waals surface area contributed by atoms with Crippen LogP contribution in [0.25, 0.3) is 0 Å². The van der Waals surface area contributed by atoms with Crippen molar-refractivity contribution in [1.82, 2.24) is 0 Å². The van der Waals surface area contributed by atoms with Crippen molar-refractivity contribution in [2.75, 3.05) is 0 Å². The van der Waals surface area contributed by atoms with Crippen LogP contribution in [0.3, 0.4) is 0 Å². The largest absolute Gasteiger partial charge is 0.478 e. The van der Waals surface area contributed by atoms with Gasteiger partial charge in [-0.1, -0.05) is 37.9 Å². The minimum Gasteiger partial charge on any atom is -0.478 e. The summed E-state index contributed by atoms with van der Waals surface area (Å²) in [5.74, 6) is -1.18. The first-order valence-electron chi connectivity index (χ1n) is 4.11. The van der Waals surface area contributed by atoms with E-state index in [1.54, 1.807) is 12.1 Å². The number of carbonyl (C=O) groups excluding carboxylic acids is 1. The second-order valence-electron chi connectivity index (χ2n) is 2.98. The number of carboxylic acids is 1. The maximum atomic E-state index is 11.2. The van der Waals surface area contributed by atoms with Crippen LogP contribution in [-0.4, -0.2) is 16.9 Å². The van der Waals surface area contributed by atoms with Crippen molar-refractivity contribution < 1.29 is 14.7 Å². The van der Waals surface area contributed by atoms with E-state index in [0.29, 0.717) is 10.0 Å². The van der Waals surface area contributed by atoms with Crippen LogP contribution in [0.1, 0.15) is 27.7 Å². The number of carboxylic acid groups (broad SMARTS) is 1. The van der Waals surface area contributed by atoms with Crippen LogP contribution in [0.4, 0.5) is 0 Å². The summed E-state index contributed by atoms with van der Waals surface area (Å²) in [5, 5.41) is 8.97. The molecule has 1 aromatic rings. The normalized spacial score (nSPS) is 12.2. The van der Waals surface area contributed by atoms with Crippen LogP contribution in [0.5, 0.6) is 0 Å². The van der Waals surface area contributed by atoms with Crippen molar-refractivity contribution in [3.8, 4) is 0 Å². The highest BCUT2D eigenvalue weighted by Gasteiger charge is 2.22. The summed E-state index contributed by atoms with van der Waals surface area (Å²) >= 11 is 6.42. The summed E-state index contributed by atoms with van der Waals surface area (Å²) in [5.41, 5.74) is 0.582. The Morgan fingerprint density at radius 3 is 2.47 bits per heavy atom. The fourth-order valence-electron chi connectivity index (χ4n) is 1.18. The van der Waals surface area contributed by atoms with E-state index in [-0.39, 0.29) is 11.3 Å². The highest BCUT2D eigenvalue weighted by atomic mass is 79.9. The monoisotopic (exact) mass is 334 g/mol. The van der Waals surface area contributed by atoms with E-state index in [1.165, 1.54) is 13.0 Å². The lowest BCUT2D eigenvalue weighted by Crippen LogP contribution is -2.09. The smallest absolute Gasteiger partial charge is 0.336 e. The van der Waals surface area contributed by atoms with E-state index < -0.39 is 10.8 Å². The molecule has 3 nitrogen and oxygen atoms in total. The average Bonchev–Trinajstić information content (AvgIpc) is 2.16. The number of hydrogen-bond acceptors (Lipinski definition) is 2. The van der Waals surface area contributed by atoms with Crippen molar-refractivity contribution in [3.05, 3.63) is 33.8 Å². The molecule has 0 saturated heterocycles. The zero-order valence-corrected chi connectivity index (χ0v) is 11.0. The zero-order valence-electron chi connectivity index (χ0n) is 7.83. The van der Waals surface area contributed by atoms with E-state index in [1.807, 2.05) is 0 Å². The molecule has 0 aliphatic heterocycles. The minimum atomic E-state index is -1.04. The summed E-state index contributed by atoms with van der Waals surface area (Å²) in [6.07, 6.45) is 0. The Bertz CT molecular complexity index is 415. The molecule has 0 radical (unpaired) electrons. The molecule has 80 valence electrons. The number of rotatable bonds is 3. The summed E-state index contributed by atoms with van der Waals surface area (Å²) in [6.45, 7) is 1.41. The van der Waals surface area contributed by atoms with Gasteiger partial charge in [-0.15, -0.1) is 0 Å². The topological polar surface area (TPSA) is 54.4 Å². The Labute approximate surface area is 104 Å². The van der Waals surface area contributed by atoms with E-state index in [9.17, 15) is 9.59 Å². The standard InChI is InChI=1S/C10H8Br2O3/c1-5(13)9(12)8-6(10(14)15)3-2-4-7(8)11/h2-4,9H,1H3,(H,14,15). The molecule has 0 fully saturated rings. The minimum absolute atomic E-state index is 0.126. The number of aromatic carboxylic acids is 1. The lowest BCUT2D eigenvalue weighted by molar-refractivity contribution is -0.116. The van der Waals surface area contributed by atoms with Crippen molar-refractivity contribution in [2.24, 2.45) is 0 Å². The molecule has 0 bridgehead atoms. The van der Waals surface area contributed by atoms with Gasteiger partial charge >= 0.3 is 5.97 Å². The number of hydrogen-bond donors (Lipinski definition) is 1. The molecular weight excluding hydrogens is 328 g/mol. The van der Waals surface area contributed by atoms with Gasteiger partial charge in [-0.2, -0.15) is 0 Å². The van der Waals surface area contributed by atoms with Crippen molar-refractivity contribution >= 4 is 43.6 Å². The third-order valence-corrected chi connectivity index (χ3v) is 3.69. The molecule has 1 rings (SSSR count). The van der Waals surface area contributed by atoms with E-state index in [2.05, 4.69) is 31.9 Å². The van der Waals surface area contributed by atoms with Crippen LogP contribution in [0, 0.1) is 0 Å². The van der Waals surface area contributed by atoms with Gasteiger partial charge in [-0.05, 0) is 19.1 Å². The Balaban J connectivity index is 3.37. The molecule has 1 atom stereocenters. The number of halogens is 2. The van der Waals surface area contributed by atoms with Crippen molar-refractivity contribution in [2.45, 2.75) is 11.8 Å². The Hall–Kier alpha value is -0.680. The first-order valence-corrected chi connectivity index (χ1v) is 5.82. The van der Waals surface area contributed by atoms with Crippen LogP contribution in [-0.2, 0) is 4.79 Å². The molecule has 0 amide bonds. The van der Waals surface area contributed by atoms with Gasteiger partial charge in [0.05, 0.1) is 10.4 Å². The van der Waals surface area contributed by atoms with Crippen LogP contribution < -0.4 is 0 Å². The molecule has 15 heavy (non-hydrogen) atoms. The molecule has 1 aromatic carbocycles. The third kappa shape index (κ3) is 2.66. The predicted molar refractivity (Wildman–Crippen MR) is 63.5 cm³/mol. The summed E-state index contributed by atoms with van der Waals surface area (Å²) < 4.78 is 0.611. The SMILES string of the molecule is CC(=O)C(Br)c1c(Br)cccc1C(=O)O. The lowest BCUT2D eigenvalue weighted by Gasteiger charge is -2.12. The molecule has 0 saturated carbocycles. The summed E-state index contributed by atoms with van der Waals surface area (Å²) in [6, 6.07) is 4.80. The van der Waals surface area contributed by atoms with Gasteiger partial charge < -0.3 is 5.11 Å². The van der Waals surface area contributed by atoms with Gasteiger partial charge in [0.2, 0.25) is 0 Å². The Morgan fingerprint density at radius 2 is 2.00 bits per heavy atom. The van der Waals surface area contributed by atoms with Crippen LogP contribution >= 0.6 is 31.9 Å². The Morgan fingerprint density at radius 1 is 1.40 bits per heavy atom. The van der Waals surface area contributed by atoms with Crippen LogP contribution in [0.2, 0.25) is 0 Å². The van der Waals surface area contributed by atoms with E-state index >= 15 is 0 Å². The molecule has 1 N–H and O–H groups in total. The van der Waals surface area contributed by atoms with Crippen molar-refractivity contribution in [1.29, 1.82) is 0 Å². The molecule has 0 aliphatic rings. The predicted octanol–water partition coefficient (Wildman–Crippen LogP) is 3.17. The molecule has 5 heteroatoms. The number of benzene rings is 1. The van der Waals surface area contributed by atoms with Gasteiger partial charge in [0, 0.05) is 10.0 Å². The maximum absolute atomic E-state index is 11.2. The fraction of sp³-hybridized carbons (Fsp3) is 0.200. The van der Waals surface area contributed by atoms with Gasteiger partial charge in [0.25, 0.3) is 0 Å². The number of carbonyl (C=O) groups is 2. The molecule has 0 aliphatic carbocycles. The number of Topliss-reactive ketones (excluding diaryl/α,β-unsaturated/α-hetero) is 1. The molecular formula is C10H8Br2O3. The van der Waals surface area contributed by atoms with E-state index in [4.69, 9.17) is 5.11 Å². The highest BCUT2D eigenvalue weighted by Crippen LogP contribution is 2.33. The lowest BCUT2D eigenvalue weighted by atomic mass is 10.0. The average molecular weight is 336 g/mol. The quantitative estimate of drug-likeness (QED) is 0.863. The number of ketones is 1. The molecule has 1 unspecified atom stereocenters. The summed E-state index contributed by atoms with van der Waals surface area (Å²) in [7, 11) is 0. The first-order chi connectivity index (χ1) is 6.95. The fourth-order valence-corrected chi connectivity index (χ4v) is 2.58. The van der Waals surface area contributed by atoms with Crippen molar-refractivity contribution in [3.63, 3.8) is 0 Å². The Kier molecular flexibility index (Phi) is 4.04. The second-order valence-corrected chi connectivity index (χ2v) is 4.75. The third-order valence-electron chi connectivity index (χ3n) is 1.89. The highest BCUT2D eigenvalue weighted by molar-refractivity contribution is 9.11. The number of alkyl halides is 1. The molecule has 0 spiro atoms. The van der Waals surface area contributed by atoms with Crippen LogP contribution in [0.15, 0.2) is 22.7 Å². The molecule has 0 heterocycles. The first kappa shape index (κ1) is 12.4. The van der Waals surface area contributed by atoms with Gasteiger partial charge in [0.1, 0.15) is 5.78 Å².